The van der Waals surface area contributed by atoms with Crippen LogP contribution in [-0.2, 0) is 0 Å². The quantitative estimate of drug-likeness (QED) is 0.811. The minimum absolute atomic E-state index is 0.371. The van der Waals surface area contributed by atoms with Crippen LogP contribution in [0.1, 0.15) is 5.56 Å². The Balaban J connectivity index is 2.40. The molecule has 3 N–H and O–H groups in total. The molecule has 0 aromatic heterocycles. The molecule has 18 heavy (non-hydrogen) atoms. The summed E-state index contributed by atoms with van der Waals surface area (Å²) >= 11 is 5.94. The zero-order chi connectivity index (χ0) is 13.1. The van der Waals surface area contributed by atoms with Crippen molar-refractivity contribution in [3.05, 3.63) is 52.8 Å². The molecule has 0 saturated heterocycles. The highest BCUT2D eigenvalue weighted by Gasteiger charge is 2.06. The zero-order valence-electron chi connectivity index (χ0n) is 9.24. The van der Waals surface area contributed by atoms with E-state index in [1.54, 1.807) is 12.1 Å². The van der Waals surface area contributed by atoms with Crippen LogP contribution in [-0.4, -0.2) is 0 Å². The number of halogens is 2. The Morgan fingerprint density at radius 1 is 1.17 bits per heavy atom. The number of nitriles is 1. The lowest BCUT2D eigenvalue weighted by atomic mass is 10.1. The number of nitrogens with one attached hydrogen (secondary N) is 1. The van der Waals surface area contributed by atoms with Gasteiger partial charge in [-0.05, 0) is 36.4 Å². The fourth-order valence-corrected chi connectivity index (χ4v) is 1.67. The number of benzene rings is 2. The van der Waals surface area contributed by atoms with Crippen molar-refractivity contribution in [2.24, 2.45) is 0 Å². The third-order valence-corrected chi connectivity index (χ3v) is 2.69. The van der Waals surface area contributed by atoms with Crippen molar-refractivity contribution in [3.8, 4) is 6.07 Å². The van der Waals surface area contributed by atoms with Gasteiger partial charge in [0.05, 0.1) is 22.0 Å². The van der Waals surface area contributed by atoms with Crippen molar-refractivity contribution in [2.45, 2.75) is 0 Å². The molecule has 0 atom stereocenters. The average molecular weight is 262 g/mol. The van der Waals surface area contributed by atoms with E-state index in [0.29, 0.717) is 27.6 Å². The molecule has 0 unspecified atom stereocenters. The van der Waals surface area contributed by atoms with Crippen molar-refractivity contribution in [1.29, 1.82) is 5.26 Å². The van der Waals surface area contributed by atoms with Crippen LogP contribution in [0.3, 0.4) is 0 Å². The second-order valence-electron chi connectivity index (χ2n) is 3.67. The summed E-state index contributed by atoms with van der Waals surface area (Å²) in [4.78, 5) is 0. The summed E-state index contributed by atoms with van der Waals surface area (Å²) in [6.45, 7) is 0. The largest absolute Gasteiger partial charge is 0.399 e. The van der Waals surface area contributed by atoms with E-state index in [4.69, 9.17) is 22.6 Å². The fourth-order valence-electron chi connectivity index (χ4n) is 1.50. The van der Waals surface area contributed by atoms with Gasteiger partial charge in [0.2, 0.25) is 0 Å². The molecule has 0 radical (unpaired) electrons. The first-order valence-corrected chi connectivity index (χ1v) is 5.49. The van der Waals surface area contributed by atoms with E-state index >= 15 is 0 Å². The second-order valence-corrected chi connectivity index (χ2v) is 4.07. The Bertz CT molecular complexity index is 635. The number of hydrogen-bond donors (Lipinski definition) is 2. The molecule has 0 aliphatic carbocycles. The summed E-state index contributed by atoms with van der Waals surface area (Å²) < 4.78 is 13.1. The van der Waals surface area contributed by atoms with Gasteiger partial charge in [0, 0.05) is 5.69 Å². The van der Waals surface area contributed by atoms with Crippen LogP contribution < -0.4 is 11.1 Å². The van der Waals surface area contributed by atoms with E-state index < -0.39 is 5.82 Å². The highest BCUT2D eigenvalue weighted by molar-refractivity contribution is 6.33. The lowest BCUT2D eigenvalue weighted by Crippen LogP contribution is -1.96. The van der Waals surface area contributed by atoms with Crippen molar-refractivity contribution >= 4 is 28.7 Å². The first-order valence-electron chi connectivity index (χ1n) is 5.12. The first kappa shape index (κ1) is 12.2. The summed E-state index contributed by atoms with van der Waals surface area (Å²) in [6, 6.07) is 10.8. The van der Waals surface area contributed by atoms with E-state index in [1.807, 2.05) is 6.07 Å². The Labute approximate surface area is 109 Å². The van der Waals surface area contributed by atoms with Crippen LogP contribution >= 0.6 is 11.6 Å². The molecule has 2 rings (SSSR count). The van der Waals surface area contributed by atoms with E-state index in [0.717, 1.165) is 0 Å². The maximum Gasteiger partial charge on any atom is 0.125 e. The van der Waals surface area contributed by atoms with Gasteiger partial charge in [-0.3, -0.25) is 0 Å². The SMILES string of the molecule is N#Cc1cc(N)ccc1Nc1cc(F)ccc1Cl. The minimum atomic E-state index is -0.407. The van der Waals surface area contributed by atoms with Crippen LogP contribution in [0.2, 0.25) is 5.02 Å². The van der Waals surface area contributed by atoms with Crippen LogP contribution in [0, 0.1) is 17.1 Å². The van der Waals surface area contributed by atoms with Gasteiger partial charge in [0.15, 0.2) is 0 Å². The van der Waals surface area contributed by atoms with Crippen LogP contribution in [0.15, 0.2) is 36.4 Å². The highest BCUT2D eigenvalue weighted by Crippen LogP contribution is 2.28. The first-order chi connectivity index (χ1) is 8.60. The molecule has 0 aliphatic rings. The van der Waals surface area contributed by atoms with Crippen molar-refractivity contribution < 1.29 is 4.39 Å². The Morgan fingerprint density at radius 2 is 1.94 bits per heavy atom. The smallest absolute Gasteiger partial charge is 0.125 e. The average Bonchev–Trinajstić information content (AvgIpc) is 2.36. The van der Waals surface area contributed by atoms with E-state index in [2.05, 4.69) is 5.32 Å². The Hall–Kier alpha value is -2.25. The zero-order valence-corrected chi connectivity index (χ0v) is 10.0. The molecule has 0 heterocycles. The molecule has 3 nitrogen and oxygen atoms in total. The van der Waals surface area contributed by atoms with Gasteiger partial charge < -0.3 is 11.1 Å². The minimum Gasteiger partial charge on any atom is -0.399 e. The Kier molecular flexibility index (Phi) is 3.35. The number of nitrogen functional groups attached to an aromatic ring is 1. The molecule has 2 aromatic carbocycles. The number of nitrogens with zero attached hydrogens (tertiary/aromatic N) is 1. The maximum absolute atomic E-state index is 13.1. The van der Waals surface area contributed by atoms with Gasteiger partial charge in [-0.25, -0.2) is 4.39 Å². The predicted molar refractivity (Wildman–Crippen MR) is 70.3 cm³/mol. The molecule has 90 valence electrons. The molecule has 0 bridgehead atoms. The van der Waals surface area contributed by atoms with Gasteiger partial charge in [-0.2, -0.15) is 5.26 Å². The monoisotopic (exact) mass is 261 g/mol. The van der Waals surface area contributed by atoms with E-state index in [9.17, 15) is 4.39 Å². The van der Waals surface area contributed by atoms with Gasteiger partial charge in [-0.1, -0.05) is 11.6 Å². The molecule has 5 heteroatoms. The summed E-state index contributed by atoms with van der Waals surface area (Å²) in [5.41, 5.74) is 7.37. The summed E-state index contributed by atoms with van der Waals surface area (Å²) in [5, 5.41) is 12.3. The molecular weight excluding hydrogens is 253 g/mol. The molecular formula is C13H9ClFN3. The molecule has 2 aromatic rings. The van der Waals surface area contributed by atoms with Crippen molar-refractivity contribution in [1.82, 2.24) is 0 Å². The highest BCUT2D eigenvalue weighted by atomic mass is 35.5. The third-order valence-electron chi connectivity index (χ3n) is 2.36. The number of rotatable bonds is 2. The summed E-state index contributed by atoms with van der Waals surface area (Å²) in [6.07, 6.45) is 0. The number of anilines is 3. The molecule has 0 amide bonds. The molecule has 0 aliphatic heterocycles. The fraction of sp³-hybridized carbons (Fsp3) is 0. The molecule has 0 saturated carbocycles. The molecule has 0 spiro atoms. The van der Waals surface area contributed by atoms with Crippen LogP contribution in [0.5, 0.6) is 0 Å². The number of hydrogen-bond acceptors (Lipinski definition) is 3. The van der Waals surface area contributed by atoms with E-state index in [-0.39, 0.29) is 0 Å². The van der Waals surface area contributed by atoms with Crippen LogP contribution in [0.4, 0.5) is 21.5 Å². The van der Waals surface area contributed by atoms with Gasteiger partial charge >= 0.3 is 0 Å². The van der Waals surface area contributed by atoms with E-state index in [1.165, 1.54) is 24.3 Å². The normalized spacial score (nSPS) is 9.83. The standard InChI is InChI=1S/C13H9ClFN3/c14-11-3-1-9(15)6-13(11)18-12-4-2-10(17)5-8(12)7-16/h1-6,18H,17H2. The maximum atomic E-state index is 13.1. The lowest BCUT2D eigenvalue weighted by molar-refractivity contribution is 0.628. The predicted octanol–water partition coefficient (Wildman–Crippen LogP) is 3.68. The van der Waals surface area contributed by atoms with Gasteiger partial charge in [0.1, 0.15) is 11.9 Å². The van der Waals surface area contributed by atoms with Crippen molar-refractivity contribution in [2.75, 3.05) is 11.1 Å². The summed E-state index contributed by atoms with van der Waals surface area (Å²) in [7, 11) is 0. The van der Waals surface area contributed by atoms with Gasteiger partial charge in [-0.15, -0.1) is 0 Å². The lowest BCUT2D eigenvalue weighted by Gasteiger charge is -2.10. The third kappa shape index (κ3) is 2.53. The Morgan fingerprint density at radius 3 is 2.67 bits per heavy atom. The summed E-state index contributed by atoms with van der Waals surface area (Å²) in [5.74, 6) is -0.407. The van der Waals surface area contributed by atoms with Crippen LogP contribution in [0.25, 0.3) is 0 Å². The number of nitrogens with two attached hydrogens (primary N) is 1. The van der Waals surface area contributed by atoms with Gasteiger partial charge in [0.25, 0.3) is 0 Å². The topological polar surface area (TPSA) is 61.8 Å². The van der Waals surface area contributed by atoms with Crippen molar-refractivity contribution in [3.63, 3.8) is 0 Å². The molecule has 0 fully saturated rings. The second kappa shape index (κ2) is 4.94.